The number of carboxylic acid groups (broad SMARTS) is 2. The highest BCUT2D eigenvalue weighted by atomic mass is 16.4. The topological polar surface area (TPSA) is 104 Å². The van der Waals surface area contributed by atoms with Crippen molar-refractivity contribution >= 4 is 23.5 Å². The van der Waals surface area contributed by atoms with Crippen molar-refractivity contribution in [3.8, 4) is 0 Å². The van der Waals surface area contributed by atoms with Crippen LogP contribution in [-0.4, -0.2) is 28.1 Å². The van der Waals surface area contributed by atoms with E-state index >= 15 is 0 Å². The van der Waals surface area contributed by atoms with Crippen LogP contribution in [0.5, 0.6) is 0 Å². The summed E-state index contributed by atoms with van der Waals surface area (Å²) in [6, 6.07) is 13.3. The van der Waals surface area contributed by atoms with E-state index in [4.69, 9.17) is 10.2 Å². The van der Waals surface area contributed by atoms with Crippen molar-refractivity contribution in [2.45, 2.75) is 19.3 Å². The van der Waals surface area contributed by atoms with Crippen LogP contribution in [0.3, 0.4) is 0 Å². The van der Waals surface area contributed by atoms with Crippen molar-refractivity contribution in [3.05, 3.63) is 65.2 Å². The second kappa shape index (κ2) is 7.41. The fraction of sp³-hybridized carbons (Fsp3) is 0.167. The van der Waals surface area contributed by atoms with Crippen LogP contribution < -0.4 is 5.32 Å². The number of amides is 1. The third-order valence-electron chi connectivity index (χ3n) is 3.53. The summed E-state index contributed by atoms with van der Waals surface area (Å²) in [5, 5.41) is 20.6. The summed E-state index contributed by atoms with van der Waals surface area (Å²) in [5.74, 6) is -3.77. The minimum absolute atomic E-state index is 0.272. The van der Waals surface area contributed by atoms with Gasteiger partial charge in [0.2, 0.25) is 0 Å². The van der Waals surface area contributed by atoms with Crippen LogP contribution in [0.4, 0.5) is 5.69 Å². The van der Waals surface area contributed by atoms with E-state index in [0.29, 0.717) is 16.8 Å². The summed E-state index contributed by atoms with van der Waals surface area (Å²) in [7, 11) is 0. The Kier molecular flexibility index (Phi) is 5.31. The molecule has 6 heteroatoms. The van der Waals surface area contributed by atoms with E-state index in [9.17, 15) is 14.4 Å². The summed E-state index contributed by atoms with van der Waals surface area (Å²) in [6.07, 6.45) is -0.496. The smallest absolute Gasteiger partial charge is 0.311 e. The van der Waals surface area contributed by atoms with E-state index in [2.05, 4.69) is 5.32 Å². The van der Waals surface area contributed by atoms with Gasteiger partial charge in [0.1, 0.15) is 0 Å². The first kappa shape index (κ1) is 17.2. The van der Waals surface area contributed by atoms with E-state index in [1.54, 1.807) is 30.3 Å². The number of benzene rings is 2. The molecule has 2 aromatic carbocycles. The zero-order valence-electron chi connectivity index (χ0n) is 13.0. The van der Waals surface area contributed by atoms with Crippen molar-refractivity contribution in [2.24, 2.45) is 0 Å². The Morgan fingerprint density at radius 3 is 2.25 bits per heavy atom. The van der Waals surface area contributed by atoms with Gasteiger partial charge in [-0.05, 0) is 36.8 Å². The monoisotopic (exact) mass is 327 g/mol. The number of aryl methyl sites for hydroxylation is 1. The molecule has 0 radical (unpaired) electrons. The van der Waals surface area contributed by atoms with Crippen LogP contribution >= 0.6 is 0 Å². The molecule has 0 aliphatic heterocycles. The van der Waals surface area contributed by atoms with Crippen LogP contribution in [-0.2, 0) is 9.59 Å². The molecule has 0 spiro atoms. The predicted octanol–water partition coefficient (Wildman–Crippen LogP) is 2.89. The Balaban J connectivity index is 2.12. The fourth-order valence-corrected chi connectivity index (χ4v) is 2.31. The highest BCUT2D eigenvalue weighted by Crippen LogP contribution is 2.22. The molecule has 0 heterocycles. The zero-order valence-corrected chi connectivity index (χ0v) is 13.0. The van der Waals surface area contributed by atoms with E-state index < -0.39 is 24.3 Å². The first-order chi connectivity index (χ1) is 11.4. The molecule has 6 nitrogen and oxygen atoms in total. The van der Waals surface area contributed by atoms with Gasteiger partial charge in [-0.15, -0.1) is 0 Å². The average molecular weight is 327 g/mol. The summed E-state index contributed by atoms with van der Waals surface area (Å²) < 4.78 is 0. The minimum Gasteiger partial charge on any atom is -0.481 e. The lowest BCUT2D eigenvalue weighted by Gasteiger charge is -2.11. The first-order valence-corrected chi connectivity index (χ1v) is 7.29. The van der Waals surface area contributed by atoms with Crippen LogP contribution in [0.15, 0.2) is 48.5 Å². The van der Waals surface area contributed by atoms with Crippen molar-refractivity contribution in [3.63, 3.8) is 0 Å². The molecule has 124 valence electrons. The molecule has 0 saturated carbocycles. The molecule has 2 aromatic rings. The van der Waals surface area contributed by atoms with E-state index in [1.807, 2.05) is 13.0 Å². The highest BCUT2D eigenvalue weighted by molar-refractivity contribution is 6.04. The minimum atomic E-state index is -1.20. The molecule has 24 heavy (non-hydrogen) atoms. The van der Waals surface area contributed by atoms with Gasteiger partial charge >= 0.3 is 11.9 Å². The molecular formula is C18H17NO5. The van der Waals surface area contributed by atoms with Crippen molar-refractivity contribution in [1.29, 1.82) is 0 Å². The Bertz CT molecular complexity index is 767. The Morgan fingerprint density at radius 2 is 1.71 bits per heavy atom. The maximum Gasteiger partial charge on any atom is 0.311 e. The van der Waals surface area contributed by atoms with Crippen LogP contribution in [0.2, 0.25) is 0 Å². The van der Waals surface area contributed by atoms with Crippen molar-refractivity contribution in [2.75, 3.05) is 5.32 Å². The fourth-order valence-electron chi connectivity index (χ4n) is 2.31. The largest absolute Gasteiger partial charge is 0.481 e. The standard InChI is InChI=1S/C18H17NO5/c1-11-3-2-4-13(9-11)17(22)19-14-7-5-12(6-8-14)15(18(23)24)10-16(20)21/h2-9,15H,10H2,1H3,(H,19,22)(H,20,21)(H,23,24). The van der Waals surface area contributed by atoms with Crippen LogP contribution in [0.25, 0.3) is 0 Å². The molecule has 0 aromatic heterocycles. The lowest BCUT2D eigenvalue weighted by Crippen LogP contribution is -2.16. The summed E-state index contributed by atoms with van der Waals surface area (Å²) in [5.41, 5.74) is 2.37. The third-order valence-corrected chi connectivity index (χ3v) is 3.53. The highest BCUT2D eigenvalue weighted by Gasteiger charge is 2.23. The van der Waals surface area contributed by atoms with Gasteiger partial charge in [-0.3, -0.25) is 14.4 Å². The number of aliphatic carboxylic acids is 2. The summed E-state index contributed by atoms with van der Waals surface area (Å²) in [6.45, 7) is 1.89. The van der Waals surface area contributed by atoms with Gasteiger partial charge in [0, 0.05) is 11.3 Å². The number of hydrogen-bond acceptors (Lipinski definition) is 3. The maximum absolute atomic E-state index is 12.2. The van der Waals surface area contributed by atoms with Gasteiger partial charge in [0.15, 0.2) is 0 Å². The lowest BCUT2D eigenvalue weighted by atomic mass is 9.96. The Morgan fingerprint density at radius 1 is 1.04 bits per heavy atom. The second-order valence-corrected chi connectivity index (χ2v) is 5.43. The van der Waals surface area contributed by atoms with Crippen molar-refractivity contribution in [1.82, 2.24) is 0 Å². The first-order valence-electron chi connectivity index (χ1n) is 7.29. The van der Waals surface area contributed by atoms with Gasteiger partial charge < -0.3 is 15.5 Å². The third kappa shape index (κ3) is 4.42. The lowest BCUT2D eigenvalue weighted by molar-refractivity contribution is -0.145. The molecule has 1 amide bonds. The molecule has 0 bridgehead atoms. The van der Waals surface area contributed by atoms with Crippen molar-refractivity contribution < 1.29 is 24.6 Å². The van der Waals surface area contributed by atoms with Gasteiger partial charge in [-0.2, -0.15) is 0 Å². The number of rotatable bonds is 6. The maximum atomic E-state index is 12.2. The molecule has 1 unspecified atom stereocenters. The molecular weight excluding hydrogens is 310 g/mol. The number of nitrogens with one attached hydrogen (secondary N) is 1. The van der Waals surface area contributed by atoms with Gasteiger partial charge in [0.05, 0.1) is 12.3 Å². The Hall–Kier alpha value is -3.15. The number of anilines is 1. The van der Waals surface area contributed by atoms with Gasteiger partial charge in [0.25, 0.3) is 5.91 Å². The average Bonchev–Trinajstić information content (AvgIpc) is 2.53. The number of carbonyl (C=O) groups is 3. The van der Waals surface area contributed by atoms with Gasteiger partial charge in [-0.25, -0.2) is 0 Å². The number of carbonyl (C=O) groups excluding carboxylic acids is 1. The zero-order chi connectivity index (χ0) is 17.7. The predicted molar refractivity (Wildman–Crippen MR) is 88.2 cm³/mol. The number of carboxylic acids is 2. The molecule has 0 aliphatic rings. The molecule has 0 saturated heterocycles. The molecule has 3 N–H and O–H groups in total. The molecule has 0 aliphatic carbocycles. The van der Waals surface area contributed by atoms with E-state index in [0.717, 1.165) is 5.56 Å². The summed E-state index contributed by atoms with van der Waals surface area (Å²) in [4.78, 5) is 34.1. The quantitative estimate of drug-likeness (QED) is 0.757. The molecule has 1 atom stereocenters. The molecule has 0 fully saturated rings. The number of hydrogen-bond donors (Lipinski definition) is 3. The normalized spacial score (nSPS) is 11.5. The van der Waals surface area contributed by atoms with Crippen LogP contribution in [0.1, 0.15) is 33.8 Å². The Labute approximate surface area is 138 Å². The summed E-state index contributed by atoms with van der Waals surface area (Å²) >= 11 is 0. The van der Waals surface area contributed by atoms with Gasteiger partial charge in [-0.1, -0.05) is 29.8 Å². The second-order valence-electron chi connectivity index (χ2n) is 5.43. The van der Waals surface area contributed by atoms with E-state index in [-0.39, 0.29) is 5.91 Å². The molecule has 2 rings (SSSR count). The SMILES string of the molecule is Cc1cccc(C(=O)Nc2ccc(C(CC(=O)O)C(=O)O)cc2)c1. The van der Waals surface area contributed by atoms with Crippen LogP contribution in [0, 0.1) is 6.92 Å². The van der Waals surface area contributed by atoms with E-state index in [1.165, 1.54) is 12.1 Å².